The quantitative estimate of drug-likeness (QED) is 0.486. The molecule has 2 heterocycles. The van der Waals surface area contributed by atoms with E-state index in [1.807, 2.05) is 18.2 Å². The second-order valence-electron chi connectivity index (χ2n) is 8.17. The minimum Gasteiger partial charge on any atom is -0.373 e. The summed E-state index contributed by atoms with van der Waals surface area (Å²) in [4.78, 5) is 0. The van der Waals surface area contributed by atoms with E-state index in [0.717, 1.165) is 26.1 Å². The molecular weight excluding hydrogens is 350 g/mol. The van der Waals surface area contributed by atoms with E-state index in [-0.39, 0.29) is 12.0 Å². The van der Waals surface area contributed by atoms with Crippen molar-refractivity contribution < 1.29 is 14.2 Å². The maximum absolute atomic E-state index is 6.24. The number of unbranched alkanes of at least 4 members (excludes halogenated alkanes) is 2. The highest BCUT2D eigenvalue weighted by atomic mass is 16.7. The molecule has 3 atom stereocenters. The van der Waals surface area contributed by atoms with Gasteiger partial charge in [0.2, 0.25) is 0 Å². The maximum Gasteiger partial charge on any atom is 0.174 e. The van der Waals surface area contributed by atoms with E-state index < -0.39 is 5.79 Å². The van der Waals surface area contributed by atoms with E-state index in [2.05, 4.69) is 43.4 Å². The number of hydrogen-bond acceptors (Lipinski definition) is 4. The summed E-state index contributed by atoms with van der Waals surface area (Å²) in [6.07, 6.45) is 11.3. The molecule has 2 aliphatic heterocycles. The van der Waals surface area contributed by atoms with Gasteiger partial charge >= 0.3 is 0 Å². The summed E-state index contributed by atoms with van der Waals surface area (Å²) >= 11 is 0. The van der Waals surface area contributed by atoms with Gasteiger partial charge in [-0.05, 0) is 18.4 Å². The van der Waals surface area contributed by atoms with Gasteiger partial charge in [-0.25, -0.2) is 0 Å². The van der Waals surface area contributed by atoms with Crippen LogP contribution in [0.2, 0.25) is 0 Å². The molecule has 1 spiro atoms. The summed E-state index contributed by atoms with van der Waals surface area (Å²) in [5, 5.41) is 3.84. The first kappa shape index (κ1) is 21.5. The van der Waals surface area contributed by atoms with Crippen LogP contribution in [-0.4, -0.2) is 37.7 Å². The third-order valence-electron chi connectivity index (χ3n) is 6.00. The summed E-state index contributed by atoms with van der Waals surface area (Å²) in [6.45, 7) is 7.39. The number of hydrogen-bond donors (Lipinski definition) is 1. The molecule has 28 heavy (non-hydrogen) atoms. The first-order valence-electron chi connectivity index (χ1n) is 11.1. The molecule has 1 aromatic rings. The minimum absolute atomic E-state index is 0.249. The minimum atomic E-state index is -0.430. The summed E-state index contributed by atoms with van der Waals surface area (Å²) < 4.78 is 18.3. The Morgan fingerprint density at radius 2 is 1.96 bits per heavy atom. The first-order chi connectivity index (χ1) is 13.7. The lowest BCUT2D eigenvalue weighted by atomic mass is 9.80. The molecule has 0 bridgehead atoms. The molecule has 4 heteroatoms. The monoisotopic (exact) mass is 387 g/mol. The summed E-state index contributed by atoms with van der Waals surface area (Å²) in [7, 11) is 0. The summed E-state index contributed by atoms with van der Waals surface area (Å²) in [5.74, 6) is -0.152. The van der Waals surface area contributed by atoms with Crippen LogP contribution >= 0.6 is 0 Å². The fourth-order valence-electron chi connectivity index (χ4n) is 4.32. The fourth-order valence-corrected chi connectivity index (χ4v) is 4.32. The van der Waals surface area contributed by atoms with E-state index in [1.165, 1.54) is 31.2 Å². The third kappa shape index (κ3) is 5.90. The lowest BCUT2D eigenvalue weighted by molar-refractivity contribution is -0.307. The summed E-state index contributed by atoms with van der Waals surface area (Å²) in [6, 6.07) is 11.0. The maximum atomic E-state index is 6.24. The molecule has 1 aromatic carbocycles. The highest BCUT2D eigenvalue weighted by Crippen LogP contribution is 2.39. The summed E-state index contributed by atoms with van der Waals surface area (Å²) in [5.41, 5.74) is 1.21. The van der Waals surface area contributed by atoms with Gasteiger partial charge in [0.15, 0.2) is 5.79 Å². The fraction of sp³-hybridized carbons (Fsp3) is 0.667. The molecule has 3 rings (SSSR count). The Morgan fingerprint density at radius 3 is 2.71 bits per heavy atom. The van der Waals surface area contributed by atoms with Crippen molar-refractivity contribution in [1.29, 1.82) is 0 Å². The number of ether oxygens (including phenoxy) is 3. The average molecular weight is 388 g/mol. The largest absolute Gasteiger partial charge is 0.373 e. The Bertz CT molecular complexity index is 583. The molecule has 2 fully saturated rings. The lowest BCUT2D eigenvalue weighted by Gasteiger charge is -2.50. The molecule has 2 saturated heterocycles. The van der Waals surface area contributed by atoms with Gasteiger partial charge in [-0.15, -0.1) is 0 Å². The topological polar surface area (TPSA) is 39.7 Å². The molecular formula is C24H37NO3. The molecule has 0 amide bonds. The smallest absolute Gasteiger partial charge is 0.174 e. The Kier molecular flexibility index (Phi) is 8.53. The zero-order chi connectivity index (χ0) is 19.7. The molecule has 0 aromatic heterocycles. The van der Waals surface area contributed by atoms with Crippen LogP contribution in [0.3, 0.4) is 0 Å². The van der Waals surface area contributed by atoms with Gasteiger partial charge < -0.3 is 19.5 Å². The average Bonchev–Trinajstić information content (AvgIpc) is 2.73. The van der Waals surface area contributed by atoms with Crippen LogP contribution in [-0.2, 0) is 20.8 Å². The number of nitrogens with one attached hydrogen (secondary N) is 1. The van der Waals surface area contributed by atoms with Crippen molar-refractivity contribution in [2.45, 2.75) is 76.9 Å². The zero-order valence-electron chi connectivity index (χ0n) is 17.6. The van der Waals surface area contributed by atoms with E-state index in [1.54, 1.807) is 0 Å². The Hall–Kier alpha value is -1.20. The molecule has 1 N–H and O–H groups in total. The highest BCUT2D eigenvalue weighted by molar-refractivity contribution is 5.13. The lowest BCUT2D eigenvalue weighted by Crippen LogP contribution is -2.62. The van der Waals surface area contributed by atoms with Crippen LogP contribution in [0.15, 0.2) is 42.5 Å². The molecule has 2 aliphatic rings. The van der Waals surface area contributed by atoms with E-state index in [4.69, 9.17) is 14.2 Å². The predicted octanol–water partition coefficient (Wildman–Crippen LogP) is 4.84. The van der Waals surface area contributed by atoms with E-state index in [0.29, 0.717) is 19.3 Å². The second kappa shape index (κ2) is 11.1. The SMILES string of the molecule is CCCCC[C@@H]1CC2(OCCCO2)[C@@H](C)[C@H](/C=C/COCc2ccccc2)N1. The van der Waals surface area contributed by atoms with Crippen LogP contribution in [0, 0.1) is 5.92 Å². The van der Waals surface area contributed by atoms with Crippen molar-refractivity contribution in [1.82, 2.24) is 5.32 Å². The molecule has 0 aliphatic carbocycles. The molecule has 4 nitrogen and oxygen atoms in total. The highest BCUT2D eigenvalue weighted by Gasteiger charge is 2.48. The van der Waals surface area contributed by atoms with Gasteiger partial charge in [-0.1, -0.05) is 75.6 Å². The predicted molar refractivity (Wildman–Crippen MR) is 113 cm³/mol. The van der Waals surface area contributed by atoms with Crippen molar-refractivity contribution in [2.75, 3.05) is 19.8 Å². The van der Waals surface area contributed by atoms with Crippen LogP contribution < -0.4 is 5.32 Å². The normalized spacial score (nSPS) is 27.4. The second-order valence-corrected chi connectivity index (χ2v) is 8.17. The van der Waals surface area contributed by atoms with Gasteiger partial charge in [0, 0.05) is 24.4 Å². The van der Waals surface area contributed by atoms with E-state index >= 15 is 0 Å². The number of benzene rings is 1. The van der Waals surface area contributed by atoms with Gasteiger partial charge in [-0.2, -0.15) is 0 Å². The van der Waals surface area contributed by atoms with Crippen LogP contribution in [0.4, 0.5) is 0 Å². The standard InChI is InChI=1S/C24H37NO3/c1-3-4-6-13-22-18-24(27-16-10-17-28-24)20(2)23(25-22)14-9-15-26-19-21-11-7-5-8-12-21/h5,7-9,11-12,14,20,22-23,25H,3-4,6,10,13,15-19H2,1-2H3/b14-9+/t20-,22+,23-/m0/s1. The van der Waals surface area contributed by atoms with Gasteiger partial charge in [-0.3, -0.25) is 0 Å². The first-order valence-corrected chi connectivity index (χ1v) is 11.1. The molecule has 0 unspecified atom stereocenters. The van der Waals surface area contributed by atoms with Crippen LogP contribution in [0.1, 0.15) is 57.9 Å². The van der Waals surface area contributed by atoms with Gasteiger partial charge in [0.1, 0.15) is 0 Å². The van der Waals surface area contributed by atoms with Gasteiger partial charge in [0.05, 0.1) is 26.4 Å². The van der Waals surface area contributed by atoms with Crippen molar-refractivity contribution in [3.05, 3.63) is 48.0 Å². The van der Waals surface area contributed by atoms with Crippen molar-refractivity contribution in [3.63, 3.8) is 0 Å². The molecule has 156 valence electrons. The van der Waals surface area contributed by atoms with Crippen LogP contribution in [0.25, 0.3) is 0 Å². The number of rotatable bonds is 9. The Balaban J connectivity index is 1.55. The number of piperidine rings is 1. The van der Waals surface area contributed by atoms with Crippen molar-refractivity contribution in [3.8, 4) is 0 Å². The van der Waals surface area contributed by atoms with Gasteiger partial charge in [0.25, 0.3) is 0 Å². The van der Waals surface area contributed by atoms with Crippen LogP contribution in [0.5, 0.6) is 0 Å². The Morgan fingerprint density at radius 1 is 1.18 bits per heavy atom. The van der Waals surface area contributed by atoms with Crippen molar-refractivity contribution >= 4 is 0 Å². The molecule has 0 saturated carbocycles. The van der Waals surface area contributed by atoms with Crippen molar-refractivity contribution in [2.24, 2.45) is 5.92 Å². The van der Waals surface area contributed by atoms with E-state index in [9.17, 15) is 0 Å². The molecule has 0 radical (unpaired) electrons. The third-order valence-corrected chi connectivity index (χ3v) is 6.00. The zero-order valence-corrected chi connectivity index (χ0v) is 17.6. The Labute approximate surface area is 170 Å².